The first kappa shape index (κ1) is 39.6. The van der Waals surface area contributed by atoms with Crippen LogP contribution in [0.2, 0.25) is 0 Å². The molecule has 0 unspecified atom stereocenters. The normalized spacial score (nSPS) is 26.4. The molecule has 1 spiro atoms. The van der Waals surface area contributed by atoms with Crippen molar-refractivity contribution in [3.63, 3.8) is 0 Å². The highest BCUT2D eigenvalue weighted by Gasteiger charge is 2.75. The monoisotopic (exact) mass is 722 g/mol. The Morgan fingerprint density at radius 2 is 1.81 bits per heavy atom. The van der Waals surface area contributed by atoms with E-state index in [-0.39, 0.29) is 30.7 Å². The molecule has 4 saturated heterocycles. The van der Waals surface area contributed by atoms with Gasteiger partial charge in [-0.15, -0.1) is 13.2 Å². The zero-order valence-corrected chi connectivity index (χ0v) is 31.0. The Hall–Kier alpha value is -3.58. The van der Waals surface area contributed by atoms with Crippen LogP contribution < -0.4 is 0 Å². The fourth-order valence-corrected chi connectivity index (χ4v) is 8.52. The summed E-state index contributed by atoms with van der Waals surface area (Å²) >= 11 is 0. The number of likely N-dealkylation sites (tertiary alicyclic amines) is 1. The number of hydrogen-bond acceptors (Lipinski definition) is 9. The maximum atomic E-state index is 14.7. The van der Waals surface area contributed by atoms with Crippen LogP contribution in [0.15, 0.2) is 55.6 Å². The van der Waals surface area contributed by atoms with Crippen molar-refractivity contribution in [1.82, 2.24) is 19.6 Å². The maximum Gasteiger partial charge on any atom is 0.313 e. The van der Waals surface area contributed by atoms with Crippen LogP contribution in [-0.4, -0.2) is 138 Å². The van der Waals surface area contributed by atoms with Crippen LogP contribution in [0.25, 0.3) is 0 Å². The molecule has 3 amide bonds. The molecule has 12 nitrogen and oxygen atoms in total. The van der Waals surface area contributed by atoms with Crippen molar-refractivity contribution in [2.45, 2.75) is 88.2 Å². The summed E-state index contributed by atoms with van der Waals surface area (Å²) in [5.41, 5.74) is -0.418. The van der Waals surface area contributed by atoms with Gasteiger partial charge in [-0.05, 0) is 44.6 Å². The smallest absolute Gasteiger partial charge is 0.313 e. The molecule has 0 saturated carbocycles. The fraction of sp³-hybridized carbons (Fsp3) is 0.650. The van der Waals surface area contributed by atoms with Crippen LogP contribution in [0.1, 0.15) is 70.0 Å². The van der Waals surface area contributed by atoms with Gasteiger partial charge in [0.2, 0.25) is 17.7 Å². The van der Waals surface area contributed by atoms with Crippen LogP contribution in [-0.2, 0) is 33.4 Å². The lowest BCUT2D eigenvalue weighted by atomic mass is 9.70. The lowest BCUT2D eigenvalue weighted by Gasteiger charge is -2.37. The summed E-state index contributed by atoms with van der Waals surface area (Å²) < 4.78 is 18.6. The van der Waals surface area contributed by atoms with Gasteiger partial charge in [-0.25, -0.2) is 0 Å². The number of carbonyl (C=O) groups excluding carboxylic acids is 4. The quantitative estimate of drug-likeness (QED) is 0.122. The molecule has 0 aliphatic carbocycles. The summed E-state index contributed by atoms with van der Waals surface area (Å²) in [7, 11) is 1.71. The number of unbranched alkanes of at least 4 members (excludes halogenated alkanes) is 3. The lowest BCUT2D eigenvalue weighted by molar-refractivity contribution is -0.164. The van der Waals surface area contributed by atoms with E-state index in [9.17, 15) is 24.3 Å². The number of ether oxygens (including phenoxy) is 3. The van der Waals surface area contributed by atoms with E-state index in [0.29, 0.717) is 71.5 Å². The summed E-state index contributed by atoms with van der Waals surface area (Å²) in [6.07, 6.45) is 6.82. The number of hydrogen-bond donors (Lipinski definition) is 1. The van der Waals surface area contributed by atoms with Crippen LogP contribution in [0, 0.1) is 11.8 Å². The molecule has 1 N–H and O–H groups in total. The Morgan fingerprint density at radius 3 is 2.50 bits per heavy atom. The first-order chi connectivity index (χ1) is 25.2. The van der Waals surface area contributed by atoms with E-state index < -0.39 is 47.7 Å². The van der Waals surface area contributed by atoms with E-state index in [0.717, 1.165) is 31.5 Å². The van der Waals surface area contributed by atoms with Gasteiger partial charge in [-0.2, -0.15) is 0 Å². The van der Waals surface area contributed by atoms with Gasteiger partial charge < -0.3 is 34.0 Å². The van der Waals surface area contributed by atoms with Crippen LogP contribution in [0.4, 0.5) is 0 Å². The number of fused-ring (bicyclic) bond motifs is 1. The highest BCUT2D eigenvalue weighted by molar-refractivity contribution is 5.98. The van der Waals surface area contributed by atoms with Gasteiger partial charge in [-0.3, -0.25) is 24.1 Å². The molecular weight excluding hydrogens is 664 g/mol. The van der Waals surface area contributed by atoms with Crippen molar-refractivity contribution in [3.05, 3.63) is 61.2 Å². The van der Waals surface area contributed by atoms with Gasteiger partial charge >= 0.3 is 5.97 Å². The molecular formula is C40H58N4O8. The van der Waals surface area contributed by atoms with Gasteiger partial charge in [-0.1, -0.05) is 55.3 Å². The molecule has 4 heterocycles. The number of morpholine rings is 1. The number of likely N-dealkylation sites (N-methyl/N-ethyl adjacent to an activating group) is 1. The number of esters is 1. The molecule has 0 radical (unpaired) electrons. The van der Waals surface area contributed by atoms with E-state index in [2.05, 4.69) is 18.1 Å². The second-order valence-corrected chi connectivity index (χ2v) is 14.6. The zero-order chi connectivity index (χ0) is 37.3. The van der Waals surface area contributed by atoms with Crippen LogP contribution >= 0.6 is 0 Å². The Morgan fingerprint density at radius 1 is 1.08 bits per heavy atom. The Kier molecular flexibility index (Phi) is 14.1. The third kappa shape index (κ3) is 8.46. The van der Waals surface area contributed by atoms with Gasteiger partial charge in [0.1, 0.15) is 17.7 Å². The van der Waals surface area contributed by atoms with Gasteiger partial charge in [0, 0.05) is 59.3 Å². The second-order valence-electron chi connectivity index (χ2n) is 14.6. The summed E-state index contributed by atoms with van der Waals surface area (Å²) in [6.45, 7) is 14.3. The molecule has 52 heavy (non-hydrogen) atoms. The van der Waals surface area contributed by atoms with Gasteiger partial charge in [0.15, 0.2) is 0 Å². The number of nitrogens with zero attached hydrogens (tertiary/aromatic N) is 4. The van der Waals surface area contributed by atoms with E-state index >= 15 is 0 Å². The molecule has 1 aromatic carbocycles. The van der Waals surface area contributed by atoms with Gasteiger partial charge in [0.25, 0.3) is 0 Å². The third-order valence-electron chi connectivity index (χ3n) is 11.4. The fourth-order valence-electron chi connectivity index (χ4n) is 8.52. The number of aliphatic hydroxyl groups excluding tert-OH is 1. The Balaban J connectivity index is 1.42. The van der Waals surface area contributed by atoms with Crippen molar-refractivity contribution in [2.75, 3.05) is 66.1 Å². The molecule has 4 aliphatic heterocycles. The molecule has 4 aliphatic rings. The van der Waals surface area contributed by atoms with Crippen molar-refractivity contribution in [3.8, 4) is 0 Å². The predicted octanol–water partition coefficient (Wildman–Crippen LogP) is 3.36. The first-order valence-electron chi connectivity index (χ1n) is 19.1. The lowest BCUT2D eigenvalue weighted by Crippen LogP contribution is -2.57. The zero-order valence-electron chi connectivity index (χ0n) is 31.0. The molecule has 5 rings (SSSR count). The minimum Gasteiger partial charge on any atom is -0.455 e. The highest BCUT2D eigenvalue weighted by Crippen LogP contribution is 2.59. The SMILES string of the molecule is C=CCCC(=O)N(C)[C@@H](C)[C@@H](OC(=O)[C@@H]1[C@H]2C(=O)N(CCCCCCO)[C@H](C(=O)N(CC=C)CCN3CCOCC3)[C@]23CC[C@H]1O3)c1ccccc1. The third-order valence-corrected chi connectivity index (χ3v) is 11.4. The largest absolute Gasteiger partial charge is 0.455 e. The summed E-state index contributed by atoms with van der Waals surface area (Å²) in [4.78, 5) is 64.2. The molecule has 2 bridgehead atoms. The van der Waals surface area contributed by atoms with Crippen LogP contribution in [0.5, 0.6) is 0 Å². The average molecular weight is 723 g/mol. The molecule has 4 fully saturated rings. The molecule has 12 heteroatoms. The van der Waals surface area contributed by atoms with E-state index in [1.807, 2.05) is 37.3 Å². The van der Waals surface area contributed by atoms with Crippen molar-refractivity contribution in [1.29, 1.82) is 0 Å². The summed E-state index contributed by atoms with van der Waals surface area (Å²) in [5.74, 6) is -2.84. The van der Waals surface area contributed by atoms with Gasteiger partial charge in [0.05, 0.1) is 37.2 Å². The van der Waals surface area contributed by atoms with Crippen molar-refractivity contribution < 1.29 is 38.5 Å². The van der Waals surface area contributed by atoms with Crippen LogP contribution in [0.3, 0.4) is 0 Å². The first-order valence-corrected chi connectivity index (χ1v) is 19.1. The predicted molar refractivity (Wildman–Crippen MR) is 196 cm³/mol. The van der Waals surface area contributed by atoms with Crippen molar-refractivity contribution >= 4 is 23.7 Å². The summed E-state index contributed by atoms with van der Waals surface area (Å²) in [5, 5.41) is 9.30. The number of rotatable bonds is 20. The number of carbonyl (C=O) groups is 4. The molecule has 1 aromatic rings. The number of aliphatic hydroxyl groups is 1. The second kappa shape index (κ2) is 18.4. The minimum atomic E-state index is -1.16. The average Bonchev–Trinajstić information content (AvgIpc) is 3.81. The van der Waals surface area contributed by atoms with Crippen molar-refractivity contribution in [2.24, 2.45) is 11.8 Å². The summed E-state index contributed by atoms with van der Waals surface area (Å²) in [6, 6.07) is 7.96. The number of amides is 3. The Labute approximate surface area is 308 Å². The highest BCUT2D eigenvalue weighted by atomic mass is 16.6. The maximum absolute atomic E-state index is 14.7. The standard InChI is InChI=1S/C40H58N4O8/c1-5-7-17-32(46)41(4)29(3)35(30-15-11-10-12-16-30)51-39(49)33-31-18-19-40(52-31)34(33)37(47)44(21-13-8-9-14-26-45)36(40)38(48)43(20-6-2)23-22-42-24-27-50-28-25-42/h5-6,10-12,15-16,29,31,33-36,45H,1-2,7-9,13-14,17-28H2,3-4H3/t29-,31+,33-,34-,35+,36+,40-/m0/s1. The Bertz CT molecular complexity index is 1400. The van der Waals surface area contributed by atoms with E-state index in [1.165, 1.54) is 0 Å². The van der Waals surface area contributed by atoms with E-state index in [1.54, 1.807) is 33.9 Å². The number of benzene rings is 1. The van der Waals surface area contributed by atoms with E-state index in [4.69, 9.17) is 14.2 Å². The minimum absolute atomic E-state index is 0.0914. The molecule has 7 atom stereocenters. The number of allylic oxidation sites excluding steroid dienone is 1. The molecule has 0 aromatic heterocycles. The molecule has 286 valence electrons. The topological polar surface area (TPSA) is 129 Å².